The molecule has 0 heterocycles. The van der Waals surface area contributed by atoms with Gasteiger partial charge in [0.2, 0.25) is 11.8 Å². The minimum absolute atomic E-state index is 0.00874. The average molecular weight is 464 g/mol. The van der Waals surface area contributed by atoms with Gasteiger partial charge in [-0.1, -0.05) is 12.8 Å². The van der Waals surface area contributed by atoms with Crippen LogP contribution >= 0.6 is 0 Å². The number of hydrogen-bond donors (Lipinski definition) is 3. The standard InChI is InChI=1S/C18H32N4O10/c23-16(10-3-1-7-13-31-21(27)28)19-12-6-5-9-15(18(25)26)20-17(24)11-4-2-8-14-32-22(29)30/h15H,1-14H2,(H,19,23)(H,20,24)(H,25,26). The van der Waals surface area contributed by atoms with Gasteiger partial charge in [-0.05, 0) is 44.9 Å². The van der Waals surface area contributed by atoms with E-state index in [4.69, 9.17) is 0 Å². The second-order valence-corrected chi connectivity index (χ2v) is 7.04. The lowest BCUT2D eigenvalue weighted by Crippen LogP contribution is -2.40. The van der Waals surface area contributed by atoms with Gasteiger partial charge >= 0.3 is 5.97 Å². The summed E-state index contributed by atoms with van der Waals surface area (Å²) in [6.45, 7) is 0.354. The van der Waals surface area contributed by atoms with Crippen molar-refractivity contribution < 1.29 is 39.3 Å². The maximum absolute atomic E-state index is 11.9. The summed E-state index contributed by atoms with van der Waals surface area (Å²) in [7, 11) is 0. The minimum atomic E-state index is -1.14. The summed E-state index contributed by atoms with van der Waals surface area (Å²) < 4.78 is 0. The van der Waals surface area contributed by atoms with Crippen LogP contribution in [0.1, 0.15) is 70.6 Å². The summed E-state index contributed by atoms with van der Waals surface area (Å²) in [4.78, 5) is 63.2. The third-order valence-electron chi connectivity index (χ3n) is 4.36. The number of aliphatic carboxylic acids is 1. The molecule has 0 aromatic heterocycles. The van der Waals surface area contributed by atoms with E-state index in [1.807, 2.05) is 0 Å². The van der Waals surface area contributed by atoms with Gasteiger partial charge in [0.25, 0.3) is 10.2 Å². The van der Waals surface area contributed by atoms with E-state index in [-0.39, 0.29) is 32.0 Å². The van der Waals surface area contributed by atoms with Crippen molar-refractivity contribution in [1.29, 1.82) is 0 Å². The van der Waals surface area contributed by atoms with Gasteiger partial charge in [-0.3, -0.25) is 9.59 Å². The van der Waals surface area contributed by atoms with E-state index in [0.29, 0.717) is 64.3 Å². The molecule has 0 aliphatic rings. The molecule has 0 aliphatic heterocycles. The van der Waals surface area contributed by atoms with E-state index in [1.54, 1.807) is 0 Å². The fourth-order valence-corrected chi connectivity index (χ4v) is 2.72. The van der Waals surface area contributed by atoms with Gasteiger partial charge < -0.3 is 25.4 Å². The molecule has 3 N–H and O–H groups in total. The van der Waals surface area contributed by atoms with Crippen LogP contribution in [0.3, 0.4) is 0 Å². The molecule has 0 spiro atoms. The normalized spacial score (nSPS) is 11.2. The van der Waals surface area contributed by atoms with Crippen LogP contribution in [0, 0.1) is 20.2 Å². The monoisotopic (exact) mass is 464 g/mol. The molecular formula is C18H32N4O10. The van der Waals surface area contributed by atoms with Gasteiger partial charge in [-0.15, -0.1) is 20.2 Å². The topological polar surface area (TPSA) is 200 Å². The second-order valence-electron chi connectivity index (χ2n) is 7.04. The lowest BCUT2D eigenvalue weighted by Gasteiger charge is -2.14. The van der Waals surface area contributed by atoms with E-state index in [9.17, 15) is 39.7 Å². The molecule has 184 valence electrons. The predicted octanol–water partition coefficient (Wildman–Crippen LogP) is 1.38. The first kappa shape index (κ1) is 28.8. The number of carboxylic acids is 1. The van der Waals surface area contributed by atoms with Crippen molar-refractivity contribution in [2.24, 2.45) is 0 Å². The van der Waals surface area contributed by atoms with Gasteiger partial charge in [-0.25, -0.2) is 4.79 Å². The summed E-state index contributed by atoms with van der Waals surface area (Å²) in [5.41, 5.74) is 0. The Bertz CT molecular complexity index is 602. The Morgan fingerprint density at radius 1 is 0.781 bits per heavy atom. The van der Waals surface area contributed by atoms with Crippen LogP contribution in [-0.4, -0.2) is 58.9 Å². The zero-order chi connectivity index (χ0) is 24.2. The third-order valence-corrected chi connectivity index (χ3v) is 4.36. The van der Waals surface area contributed by atoms with Crippen LogP contribution in [0.2, 0.25) is 0 Å². The average Bonchev–Trinajstić information content (AvgIpc) is 2.71. The van der Waals surface area contributed by atoms with Gasteiger partial charge in [0, 0.05) is 19.4 Å². The Kier molecular flexibility index (Phi) is 16.7. The highest BCUT2D eigenvalue weighted by Gasteiger charge is 2.19. The van der Waals surface area contributed by atoms with Gasteiger partial charge in [0.1, 0.15) is 6.04 Å². The summed E-state index contributed by atoms with van der Waals surface area (Å²) in [5.74, 6) is -1.68. The van der Waals surface area contributed by atoms with Crippen molar-refractivity contribution in [3.63, 3.8) is 0 Å². The highest BCUT2D eigenvalue weighted by atomic mass is 17.0. The first-order valence-corrected chi connectivity index (χ1v) is 10.6. The summed E-state index contributed by atoms with van der Waals surface area (Å²) in [5, 5.41) is 32.7. The molecule has 0 rings (SSSR count). The molecule has 0 aromatic carbocycles. The second kappa shape index (κ2) is 18.6. The van der Waals surface area contributed by atoms with Gasteiger partial charge in [0.05, 0.1) is 13.2 Å². The number of unbranched alkanes of at least 4 members (excludes halogenated alkanes) is 5. The van der Waals surface area contributed by atoms with Crippen LogP contribution in [0.15, 0.2) is 0 Å². The fourth-order valence-electron chi connectivity index (χ4n) is 2.72. The number of hydrogen-bond acceptors (Lipinski definition) is 9. The first-order valence-electron chi connectivity index (χ1n) is 10.6. The molecule has 0 fully saturated rings. The maximum Gasteiger partial charge on any atom is 0.326 e. The Hall–Kier alpha value is -3.19. The van der Waals surface area contributed by atoms with Crippen molar-refractivity contribution in [1.82, 2.24) is 10.6 Å². The van der Waals surface area contributed by atoms with Crippen molar-refractivity contribution in [3.05, 3.63) is 20.2 Å². The molecule has 0 saturated carbocycles. The fraction of sp³-hybridized carbons (Fsp3) is 0.833. The first-order chi connectivity index (χ1) is 15.2. The van der Waals surface area contributed by atoms with E-state index in [0.717, 1.165) is 0 Å². The van der Waals surface area contributed by atoms with E-state index in [1.165, 1.54) is 0 Å². The van der Waals surface area contributed by atoms with Crippen molar-refractivity contribution in [3.8, 4) is 0 Å². The smallest absolute Gasteiger partial charge is 0.326 e. The molecule has 1 unspecified atom stereocenters. The highest BCUT2D eigenvalue weighted by Crippen LogP contribution is 2.05. The van der Waals surface area contributed by atoms with Gasteiger partial charge in [0.15, 0.2) is 0 Å². The number of rotatable bonds is 21. The summed E-state index contributed by atoms with van der Waals surface area (Å²) in [6.07, 6.45) is 4.85. The van der Waals surface area contributed by atoms with Crippen LogP contribution in [-0.2, 0) is 24.1 Å². The molecule has 14 nitrogen and oxygen atoms in total. The molecule has 0 aliphatic carbocycles. The zero-order valence-corrected chi connectivity index (χ0v) is 18.0. The molecule has 2 amide bonds. The van der Waals surface area contributed by atoms with Crippen molar-refractivity contribution in [2.75, 3.05) is 19.8 Å². The predicted molar refractivity (Wildman–Crippen MR) is 109 cm³/mol. The van der Waals surface area contributed by atoms with Crippen LogP contribution < -0.4 is 10.6 Å². The SMILES string of the molecule is O=C(CCCCCO[N+](=O)[O-])NCCCCC(NC(=O)CCCCCO[N+](=O)[O-])C(=O)O. The van der Waals surface area contributed by atoms with E-state index in [2.05, 4.69) is 20.3 Å². The number of nitrogens with one attached hydrogen (secondary N) is 2. The Balaban J connectivity index is 3.80. The van der Waals surface area contributed by atoms with Crippen molar-refractivity contribution in [2.45, 2.75) is 76.7 Å². The largest absolute Gasteiger partial charge is 0.480 e. The summed E-state index contributed by atoms with van der Waals surface area (Å²) in [6, 6.07) is -1.02. The third kappa shape index (κ3) is 18.8. The lowest BCUT2D eigenvalue weighted by molar-refractivity contribution is -0.757. The Morgan fingerprint density at radius 3 is 1.81 bits per heavy atom. The molecular weight excluding hydrogens is 432 g/mol. The number of carbonyl (C=O) groups excluding carboxylic acids is 2. The molecule has 1 atom stereocenters. The Labute approximate surface area is 185 Å². The van der Waals surface area contributed by atoms with Crippen LogP contribution in [0.25, 0.3) is 0 Å². The van der Waals surface area contributed by atoms with E-state index >= 15 is 0 Å². The quantitative estimate of drug-likeness (QED) is 0.126. The maximum atomic E-state index is 11.9. The number of nitrogens with zero attached hydrogens (tertiary/aromatic N) is 2. The molecule has 0 radical (unpaired) electrons. The van der Waals surface area contributed by atoms with Crippen molar-refractivity contribution >= 4 is 17.8 Å². The zero-order valence-electron chi connectivity index (χ0n) is 18.0. The minimum Gasteiger partial charge on any atom is -0.480 e. The van der Waals surface area contributed by atoms with Crippen LogP contribution in [0.4, 0.5) is 0 Å². The molecule has 0 bridgehead atoms. The number of carboxylic acid groups (broad SMARTS) is 1. The van der Waals surface area contributed by atoms with Gasteiger partial charge in [-0.2, -0.15) is 0 Å². The molecule has 14 heteroatoms. The molecule has 0 saturated heterocycles. The lowest BCUT2D eigenvalue weighted by atomic mass is 10.1. The van der Waals surface area contributed by atoms with E-state index < -0.39 is 28.1 Å². The highest BCUT2D eigenvalue weighted by molar-refractivity contribution is 5.83. The molecule has 0 aromatic rings. The Morgan fingerprint density at radius 2 is 1.31 bits per heavy atom. The summed E-state index contributed by atoms with van der Waals surface area (Å²) >= 11 is 0. The number of carbonyl (C=O) groups is 3. The van der Waals surface area contributed by atoms with Crippen LogP contribution in [0.5, 0.6) is 0 Å². The molecule has 32 heavy (non-hydrogen) atoms. The number of amides is 2.